The lowest BCUT2D eigenvalue weighted by Crippen LogP contribution is -2.16. The Morgan fingerprint density at radius 3 is 2.67 bits per heavy atom. The van der Waals surface area contributed by atoms with Crippen LogP contribution in [-0.2, 0) is 9.78 Å². The Labute approximate surface area is 108 Å². The molecule has 0 spiro atoms. The standard InChI is InChI=1S/C15H19O3/c1-11-6-8-13(9-7-11)15(16)18-17-14-5-3-4-12(2)10-14/h6-9,12H,3-5,10H2,1-2H3. The van der Waals surface area contributed by atoms with Crippen molar-refractivity contribution in [2.75, 3.05) is 0 Å². The highest BCUT2D eigenvalue weighted by Crippen LogP contribution is 2.31. The van der Waals surface area contributed by atoms with Gasteiger partial charge >= 0.3 is 5.97 Å². The van der Waals surface area contributed by atoms with Gasteiger partial charge in [0, 0.05) is 0 Å². The Hall–Kier alpha value is -1.35. The summed E-state index contributed by atoms with van der Waals surface area (Å²) in [5, 5.41) is 0. The number of carbonyl (C=O) groups excluding carboxylic acids is 1. The first-order valence-electron chi connectivity index (χ1n) is 6.45. The maximum atomic E-state index is 11.7. The third kappa shape index (κ3) is 3.57. The van der Waals surface area contributed by atoms with Gasteiger partial charge in [0.25, 0.3) is 0 Å². The minimum Gasteiger partial charge on any atom is -0.292 e. The van der Waals surface area contributed by atoms with Crippen LogP contribution in [0.1, 0.15) is 48.5 Å². The minimum absolute atomic E-state index is 0.430. The van der Waals surface area contributed by atoms with Crippen molar-refractivity contribution >= 4 is 5.97 Å². The van der Waals surface area contributed by atoms with E-state index in [1.54, 1.807) is 12.1 Å². The first-order chi connectivity index (χ1) is 8.65. The lowest BCUT2D eigenvalue weighted by atomic mass is 9.89. The SMILES string of the molecule is Cc1ccc(C(=O)OO[C]2CCCC(C)C2)cc1. The molecule has 1 aromatic rings. The summed E-state index contributed by atoms with van der Waals surface area (Å²) < 4.78 is 0. The zero-order valence-corrected chi connectivity index (χ0v) is 10.9. The van der Waals surface area contributed by atoms with Crippen LogP contribution in [0.2, 0.25) is 0 Å². The first kappa shape index (κ1) is 13.1. The van der Waals surface area contributed by atoms with E-state index in [0.29, 0.717) is 11.5 Å². The maximum absolute atomic E-state index is 11.7. The van der Waals surface area contributed by atoms with Crippen LogP contribution in [0, 0.1) is 18.9 Å². The molecule has 3 nitrogen and oxygen atoms in total. The third-order valence-corrected chi connectivity index (χ3v) is 3.25. The van der Waals surface area contributed by atoms with Gasteiger partial charge in [0.05, 0.1) is 5.56 Å². The highest BCUT2D eigenvalue weighted by atomic mass is 17.2. The van der Waals surface area contributed by atoms with Gasteiger partial charge in [-0.25, -0.2) is 4.79 Å². The van der Waals surface area contributed by atoms with E-state index in [0.717, 1.165) is 30.9 Å². The van der Waals surface area contributed by atoms with Crippen LogP contribution in [0.3, 0.4) is 0 Å². The average Bonchev–Trinajstić information content (AvgIpc) is 2.37. The van der Waals surface area contributed by atoms with Crippen LogP contribution >= 0.6 is 0 Å². The Bertz CT molecular complexity index is 397. The largest absolute Gasteiger partial charge is 0.373 e. The summed E-state index contributed by atoms with van der Waals surface area (Å²) in [5.41, 5.74) is 1.63. The second kappa shape index (κ2) is 6.01. The quantitative estimate of drug-likeness (QED) is 0.601. The van der Waals surface area contributed by atoms with Crippen LogP contribution in [0.5, 0.6) is 0 Å². The van der Waals surface area contributed by atoms with Gasteiger partial charge in [-0.2, -0.15) is 4.89 Å². The molecule has 1 unspecified atom stereocenters. The molecular formula is C15H19O3. The molecule has 2 rings (SSSR count). The summed E-state index contributed by atoms with van der Waals surface area (Å²) in [4.78, 5) is 21.8. The van der Waals surface area contributed by atoms with Gasteiger partial charge in [-0.3, -0.25) is 4.89 Å². The van der Waals surface area contributed by atoms with E-state index < -0.39 is 5.97 Å². The van der Waals surface area contributed by atoms with Crippen LogP contribution in [0.25, 0.3) is 0 Å². The molecule has 0 amide bonds. The van der Waals surface area contributed by atoms with E-state index in [9.17, 15) is 4.79 Å². The summed E-state index contributed by atoms with van der Waals surface area (Å²) in [6, 6.07) is 7.25. The van der Waals surface area contributed by atoms with Crippen LogP contribution in [0.15, 0.2) is 24.3 Å². The Balaban J connectivity index is 1.82. The highest BCUT2D eigenvalue weighted by molar-refractivity contribution is 5.88. The summed E-state index contributed by atoms with van der Waals surface area (Å²) >= 11 is 0. The fourth-order valence-corrected chi connectivity index (χ4v) is 2.15. The number of hydrogen-bond donors (Lipinski definition) is 0. The number of rotatable bonds is 3. The van der Waals surface area contributed by atoms with E-state index in [1.165, 1.54) is 6.42 Å². The normalized spacial score (nSPS) is 20.7. The van der Waals surface area contributed by atoms with Gasteiger partial charge < -0.3 is 0 Å². The molecule has 0 heterocycles. The zero-order valence-electron chi connectivity index (χ0n) is 10.9. The Morgan fingerprint density at radius 2 is 2.00 bits per heavy atom. The van der Waals surface area contributed by atoms with Crippen molar-refractivity contribution in [1.29, 1.82) is 0 Å². The number of carbonyl (C=O) groups is 1. The van der Waals surface area contributed by atoms with Crippen LogP contribution in [-0.4, -0.2) is 5.97 Å². The number of benzene rings is 1. The number of hydrogen-bond acceptors (Lipinski definition) is 3. The van der Waals surface area contributed by atoms with Gasteiger partial charge in [-0.1, -0.05) is 37.5 Å². The molecule has 0 aliphatic heterocycles. The predicted molar refractivity (Wildman–Crippen MR) is 68.6 cm³/mol. The van der Waals surface area contributed by atoms with Gasteiger partial charge in [-0.15, -0.1) is 0 Å². The summed E-state index contributed by atoms with van der Waals surface area (Å²) in [6.45, 7) is 4.16. The van der Waals surface area contributed by atoms with Gasteiger partial charge in [0.15, 0.2) is 0 Å². The zero-order chi connectivity index (χ0) is 13.0. The molecule has 1 aliphatic carbocycles. The smallest absolute Gasteiger partial charge is 0.292 e. The molecule has 0 bridgehead atoms. The molecule has 0 N–H and O–H groups in total. The van der Waals surface area contributed by atoms with Crippen molar-refractivity contribution in [3.05, 3.63) is 41.5 Å². The van der Waals surface area contributed by atoms with Crippen molar-refractivity contribution in [3.8, 4) is 0 Å². The monoisotopic (exact) mass is 247 g/mol. The van der Waals surface area contributed by atoms with Crippen LogP contribution < -0.4 is 0 Å². The van der Waals surface area contributed by atoms with Crippen LogP contribution in [0.4, 0.5) is 0 Å². The van der Waals surface area contributed by atoms with Crippen molar-refractivity contribution in [3.63, 3.8) is 0 Å². The van der Waals surface area contributed by atoms with E-state index in [4.69, 9.17) is 9.78 Å². The maximum Gasteiger partial charge on any atom is 0.373 e. The third-order valence-electron chi connectivity index (χ3n) is 3.25. The topological polar surface area (TPSA) is 35.5 Å². The van der Waals surface area contributed by atoms with Gasteiger partial charge in [0.2, 0.25) is 0 Å². The molecule has 0 aromatic heterocycles. The van der Waals surface area contributed by atoms with Crippen molar-refractivity contribution < 1.29 is 14.6 Å². The molecule has 1 radical (unpaired) electrons. The molecule has 18 heavy (non-hydrogen) atoms. The van der Waals surface area contributed by atoms with Crippen molar-refractivity contribution in [1.82, 2.24) is 0 Å². The number of aryl methyl sites for hydroxylation is 1. The summed E-state index contributed by atoms with van der Waals surface area (Å²) in [5.74, 6) is 0.188. The molecule has 1 aliphatic rings. The lowest BCUT2D eigenvalue weighted by molar-refractivity contribution is -0.241. The molecule has 1 fully saturated rings. The Morgan fingerprint density at radius 1 is 1.28 bits per heavy atom. The van der Waals surface area contributed by atoms with E-state index >= 15 is 0 Å². The van der Waals surface area contributed by atoms with Gasteiger partial charge in [0.1, 0.15) is 6.10 Å². The van der Waals surface area contributed by atoms with Gasteiger partial charge in [-0.05, 0) is 37.8 Å². The molecule has 0 saturated heterocycles. The summed E-state index contributed by atoms with van der Waals surface area (Å²) in [6.07, 6.45) is 5.00. The Kier molecular flexibility index (Phi) is 4.37. The molecule has 97 valence electrons. The van der Waals surface area contributed by atoms with E-state index in [2.05, 4.69) is 6.92 Å². The molecular weight excluding hydrogens is 228 g/mol. The minimum atomic E-state index is -0.430. The van der Waals surface area contributed by atoms with Crippen molar-refractivity contribution in [2.45, 2.75) is 39.5 Å². The fourth-order valence-electron chi connectivity index (χ4n) is 2.15. The second-order valence-electron chi connectivity index (χ2n) is 5.06. The average molecular weight is 247 g/mol. The molecule has 1 saturated carbocycles. The molecule has 3 heteroatoms. The summed E-state index contributed by atoms with van der Waals surface area (Å²) in [7, 11) is 0. The van der Waals surface area contributed by atoms with E-state index in [1.807, 2.05) is 19.1 Å². The fraction of sp³-hybridized carbons (Fsp3) is 0.467. The van der Waals surface area contributed by atoms with E-state index in [-0.39, 0.29) is 0 Å². The lowest BCUT2D eigenvalue weighted by Gasteiger charge is -2.23. The predicted octanol–water partition coefficient (Wildman–Crippen LogP) is 3.83. The second-order valence-corrected chi connectivity index (χ2v) is 5.06. The molecule has 1 aromatic carbocycles. The van der Waals surface area contributed by atoms with Crippen molar-refractivity contribution in [2.24, 2.45) is 5.92 Å². The molecule has 1 atom stereocenters. The highest BCUT2D eigenvalue weighted by Gasteiger charge is 2.23. The first-order valence-corrected chi connectivity index (χ1v) is 6.45.